The molecule has 6 nitrogen and oxygen atoms in total. The summed E-state index contributed by atoms with van der Waals surface area (Å²) in [6, 6.07) is 11.8. The van der Waals surface area contributed by atoms with Crippen LogP contribution in [0.2, 0.25) is 0 Å². The zero-order valence-corrected chi connectivity index (χ0v) is 18.6. The van der Waals surface area contributed by atoms with Gasteiger partial charge in [0.05, 0.1) is 32.3 Å². The summed E-state index contributed by atoms with van der Waals surface area (Å²) in [7, 11) is -0.705. The lowest BCUT2D eigenvalue weighted by molar-refractivity contribution is 0.0400. The van der Waals surface area contributed by atoms with Crippen molar-refractivity contribution in [2.75, 3.05) is 20.8 Å². The smallest absolute Gasteiger partial charge is 0.297 e. The van der Waals surface area contributed by atoms with Gasteiger partial charge in [0.15, 0.2) is 11.5 Å². The van der Waals surface area contributed by atoms with Gasteiger partial charge in [0.1, 0.15) is 6.10 Å². The largest absolute Gasteiger partial charge is 0.493 e. The van der Waals surface area contributed by atoms with E-state index in [1.165, 1.54) is 12.1 Å². The van der Waals surface area contributed by atoms with Gasteiger partial charge in [-0.05, 0) is 48.4 Å². The monoisotopic (exact) mass is 472 g/mol. The minimum absolute atomic E-state index is 0.122. The molecule has 0 saturated carbocycles. The summed E-state index contributed by atoms with van der Waals surface area (Å²) in [4.78, 5) is 0.122. The van der Waals surface area contributed by atoms with E-state index in [0.29, 0.717) is 24.5 Å². The van der Waals surface area contributed by atoms with E-state index in [2.05, 4.69) is 15.9 Å². The first-order chi connectivity index (χ1) is 13.4. The van der Waals surface area contributed by atoms with Gasteiger partial charge in [0, 0.05) is 4.47 Å². The third-order valence-electron chi connectivity index (χ3n) is 4.00. The zero-order valence-electron chi connectivity index (χ0n) is 16.2. The van der Waals surface area contributed by atoms with Crippen LogP contribution in [-0.2, 0) is 25.6 Å². The lowest BCUT2D eigenvalue weighted by Crippen LogP contribution is -2.24. The Balaban J connectivity index is 1.98. The zero-order chi connectivity index (χ0) is 20.6. The summed E-state index contributed by atoms with van der Waals surface area (Å²) < 4.78 is 47.4. The van der Waals surface area contributed by atoms with Gasteiger partial charge in [0.2, 0.25) is 0 Å². The van der Waals surface area contributed by atoms with Crippen LogP contribution in [0, 0.1) is 0 Å². The molecule has 0 amide bonds. The maximum Gasteiger partial charge on any atom is 0.297 e. The molecule has 0 bridgehead atoms. The summed E-state index contributed by atoms with van der Waals surface area (Å²) in [6.07, 6.45) is 0.792. The first kappa shape index (κ1) is 22.7. The summed E-state index contributed by atoms with van der Waals surface area (Å²) in [6.45, 7) is 2.44. The molecule has 2 rings (SSSR count). The van der Waals surface area contributed by atoms with Gasteiger partial charge in [-0.2, -0.15) is 8.42 Å². The van der Waals surface area contributed by atoms with Crippen molar-refractivity contribution >= 4 is 26.0 Å². The fraction of sp³-hybridized carbons (Fsp3) is 0.400. The second-order valence-electron chi connectivity index (χ2n) is 6.12. The molecule has 0 unspecified atom stereocenters. The molecule has 0 aliphatic rings. The van der Waals surface area contributed by atoms with E-state index in [0.717, 1.165) is 16.5 Å². The van der Waals surface area contributed by atoms with E-state index < -0.39 is 16.2 Å². The first-order valence-corrected chi connectivity index (χ1v) is 11.1. The van der Waals surface area contributed by atoms with Crippen LogP contribution >= 0.6 is 15.9 Å². The van der Waals surface area contributed by atoms with Crippen molar-refractivity contribution in [3.05, 3.63) is 52.5 Å². The predicted octanol–water partition coefficient (Wildman–Crippen LogP) is 4.56. The molecular weight excluding hydrogens is 448 g/mol. The molecule has 0 spiro atoms. The van der Waals surface area contributed by atoms with E-state index in [-0.39, 0.29) is 11.5 Å². The van der Waals surface area contributed by atoms with Gasteiger partial charge in [-0.25, -0.2) is 0 Å². The molecule has 8 heteroatoms. The third kappa shape index (κ3) is 6.48. The fourth-order valence-corrected chi connectivity index (χ4v) is 3.95. The van der Waals surface area contributed by atoms with Crippen LogP contribution in [0.15, 0.2) is 51.8 Å². The first-order valence-electron chi connectivity index (χ1n) is 8.87. The average Bonchev–Trinajstić information content (AvgIpc) is 2.68. The van der Waals surface area contributed by atoms with Crippen LogP contribution in [-0.4, -0.2) is 35.3 Å². The molecule has 0 aliphatic heterocycles. The van der Waals surface area contributed by atoms with Crippen LogP contribution in [0.5, 0.6) is 11.5 Å². The number of benzene rings is 2. The Morgan fingerprint density at radius 2 is 1.68 bits per heavy atom. The number of hydrogen-bond donors (Lipinski definition) is 0. The van der Waals surface area contributed by atoms with Crippen molar-refractivity contribution in [1.29, 1.82) is 0 Å². The fourth-order valence-electron chi connectivity index (χ4n) is 2.60. The maximum absolute atomic E-state index is 12.5. The SMILES string of the molecule is CCC[C@H](COCc1ccc(OC)c(OC)c1)OS(=O)(=O)c1ccc(Br)cc1. The maximum atomic E-state index is 12.5. The van der Waals surface area contributed by atoms with Crippen LogP contribution < -0.4 is 9.47 Å². The van der Waals surface area contributed by atoms with Gasteiger partial charge in [-0.3, -0.25) is 4.18 Å². The van der Waals surface area contributed by atoms with E-state index in [1.807, 2.05) is 19.1 Å². The minimum Gasteiger partial charge on any atom is -0.493 e. The second-order valence-corrected chi connectivity index (χ2v) is 8.61. The molecular formula is C20H25BrO6S. The van der Waals surface area contributed by atoms with Gasteiger partial charge in [-0.1, -0.05) is 35.3 Å². The van der Waals surface area contributed by atoms with Crippen molar-refractivity contribution < 1.29 is 26.8 Å². The molecule has 1 atom stereocenters. The van der Waals surface area contributed by atoms with Crippen LogP contribution in [0.4, 0.5) is 0 Å². The molecule has 2 aromatic rings. The van der Waals surface area contributed by atoms with Crippen molar-refractivity contribution in [3.8, 4) is 11.5 Å². The highest BCUT2D eigenvalue weighted by atomic mass is 79.9. The van der Waals surface area contributed by atoms with Crippen LogP contribution in [0.25, 0.3) is 0 Å². The Bertz CT molecular complexity index is 851. The number of methoxy groups -OCH3 is 2. The molecule has 154 valence electrons. The molecule has 0 saturated heterocycles. The number of ether oxygens (including phenoxy) is 3. The summed E-state index contributed by atoms with van der Waals surface area (Å²) >= 11 is 3.29. The normalized spacial score (nSPS) is 12.6. The molecule has 2 aromatic carbocycles. The average molecular weight is 473 g/mol. The molecule has 0 N–H and O–H groups in total. The van der Waals surface area contributed by atoms with Crippen molar-refractivity contribution in [3.63, 3.8) is 0 Å². The highest BCUT2D eigenvalue weighted by molar-refractivity contribution is 9.10. The van der Waals surface area contributed by atoms with Gasteiger partial charge < -0.3 is 14.2 Å². The Kier molecular flexibility index (Phi) is 8.75. The van der Waals surface area contributed by atoms with E-state index in [4.69, 9.17) is 18.4 Å². The van der Waals surface area contributed by atoms with E-state index in [1.54, 1.807) is 32.4 Å². The number of hydrogen-bond acceptors (Lipinski definition) is 6. The lowest BCUT2D eigenvalue weighted by atomic mass is 10.2. The molecule has 0 aromatic heterocycles. The molecule has 0 heterocycles. The second kappa shape index (κ2) is 10.8. The Hall–Kier alpha value is -1.61. The van der Waals surface area contributed by atoms with Crippen LogP contribution in [0.1, 0.15) is 25.3 Å². The van der Waals surface area contributed by atoms with E-state index >= 15 is 0 Å². The van der Waals surface area contributed by atoms with Crippen molar-refractivity contribution in [2.24, 2.45) is 0 Å². The summed E-state index contributed by atoms with van der Waals surface area (Å²) in [5.74, 6) is 1.25. The van der Waals surface area contributed by atoms with Gasteiger partial charge in [0.25, 0.3) is 10.1 Å². The van der Waals surface area contributed by atoms with Gasteiger partial charge in [-0.15, -0.1) is 0 Å². The number of rotatable bonds is 11. The minimum atomic E-state index is -3.85. The highest BCUT2D eigenvalue weighted by Crippen LogP contribution is 2.28. The summed E-state index contributed by atoms with van der Waals surface area (Å²) in [5.41, 5.74) is 0.892. The topological polar surface area (TPSA) is 71.1 Å². The van der Waals surface area contributed by atoms with E-state index in [9.17, 15) is 8.42 Å². The molecule has 28 heavy (non-hydrogen) atoms. The third-order valence-corrected chi connectivity index (χ3v) is 5.90. The van der Waals surface area contributed by atoms with Crippen molar-refractivity contribution in [2.45, 2.75) is 37.4 Å². The molecule has 0 aliphatic carbocycles. The van der Waals surface area contributed by atoms with Gasteiger partial charge >= 0.3 is 0 Å². The Morgan fingerprint density at radius 3 is 2.29 bits per heavy atom. The Labute approximate surface area is 175 Å². The molecule has 0 radical (unpaired) electrons. The standard InChI is InChI=1S/C20H25BrO6S/c1-4-5-17(27-28(22,23)18-9-7-16(21)8-10-18)14-26-13-15-6-11-19(24-2)20(12-15)25-3/h6-12,17H,4-5,13-14H2,1-3H3/t17-/m1/s1. The van der Waals surface area contributed by atoms with Crippen LogP contribution in [0.3, 0.4) is 0 Å². The highest BCUT2D eigenvalue weighted by Gasteiger charge is 2.21. The molecule has 0 fully saturated rings. The predicted molar refractivity (Wildman–Crippen MR) is 110 cm³/mol. The quantitative estimate of drug-likeness (QED) is 0.446. The lowest BCUT2D eigenvalue weighted by Gasteiger charge is -2.17. The Morgan fingerprint density at radius 1 is 1.00 bits per heavy atom. The van der Waals surface area contributed by atoms with Crippen molar-refractivity contribution in [1.82, 2.24) is 0 Å². The number of halogens is 1. The summed E-state index contributed by atoms with van der Waals surface area (Å²) in [5, 5.41) is 0.